The van der Waals surface area contributed by atoms with Crippen LogP contribution in [0.4, 0.5) is 0 Å². The highest BCUT2D eigenvalue weighted by Crippen LogP contribution is 2.33. The van der Waals surface area contributed by atoms with Crippen LogP contribution in [0.1, 0.15) is 38.3 Å². The van der Waals surface area contributed by atoms with Gasteiger partial charge in [-0.1, -0.05) is 43.7 Å². The first kappa shape index (κ1) is 17.0. The second-order valence-corrected chi connectivity index (χ2v) is 5.72. The third-order valence-corrected chi connectivity index (χ3v) is 4.18. The van der Waals surface area contributed by atoms with Crippen LogP contribution in [-0.2, 0) is 19.1 Å². The molecule has 0 spiro atoms. The van der Waals surface area contributed by atoms with Gasteiger partial charge in [0, 0.05) is 6.54 Å². The molecule has 0 aromatic heterocycles. The van der Waals surface area contributed by atoms with Gasteiger partial charge >= 0.3 is 5.97 Å². The number of nitrogens with one attached hydrogen (secondary N) is 1. The topological polar surface area (TPSA) is 75.7 Å². The number of hydrogen-bond donors (Lipinski definition) is 1. The molecule has 6 nitrogen and oxygen atoms in total. The van der Waals surface area contributed by atoms with Gasteiger partial charge in [0.1, 0.15) is 6.61 Å². The summed E-state index contributed by atoms with van der Waals surface area (Å²) in [4.78, 5) is 37.7. The maximum absolute atomic E-state index is 12.5. The Kier molecular flexibility index (Phi) is 5.36. The van der Waals surface area contributed by atoms with E-state index in [9.17, 15) is 14.4 Å². The van der Waals surface area contributed by atoms with Gasteiger partial charge in [-0.05, 0) is 18.9 Å². The highest BCUT2D eigenvalue weighted by molar-refractivity contribution is 6.08. The fourth-order valence-corrected chi connectivity index (χ4v) is 2.66. The van der Waals surface area contributed by atoms with Gasteiger partial charge in [0.15, 0.2) is 0 Å². The number of hydrogen-bond acceptors (Lipinski definition) is 4. The number of cyclic esters (lactones) is 1. The van der Waals surface area contributed by atoms with Crippen LogP contribution in [0, 0.1) is 0 Å². The van der Waals surface area contributed by atoms with Gasteiger partial charge in [0.25, 0.3) is 5.91 Å². The van der Waals surface area contributed by atoms with Crippen LogP contribution in [-0.4, -0.2) is 41.9 Å². The summed E-state index contributed by atoms with van der Waals surface area (Å²) in [5.41, 5.74) is -0.839. The molecule has 1 saturated heterocycles. The number of esters is 1. The molecule has 124 valence electrons. The molecular weight excluding hydrogens is 296 g/mol. The van der Waals surface area contributed by atoms with Gasteiger partial charge < -0.3 is 15.0 Å². The monoisotopic (exact) mass is 318 g/mol. The fourth-order valence-electron chi connectivity index (χ4n) is 2.66. The lowest BCUT2D eigenvalue weighted by Crippen LogP contribution is -2.66. The van der Waals surface area contributed by atoms with Crippen molar-refractivity contribution in [1.82, 2.24) is 10.2 Å². The summed E-state index contributed by atoms with van der Waals surface area (Å²) in [7, 11) is 0. The summed E-state index contributed by atoms with van der Waals surface area (Å²) in [6.07, 6.45) is 2.28. The lowest BCUT2D eigenvalue weighted by atomic mass is 9.92. The summed E-state index contributed by atoms with van der Waals surface area (Å²) < 4.78 is 5.22. The second kappa shape index (κ2) is 7.26. The molecule has 0 bridgehead atoms. The Morgan fingerprint density at radius 1 is 1.43 bits per heavy atom. The maximum atomic E-state index is 12.5. The number of benzene rings is 1. The minimum absolute atomic E-state index is 0.0411. The number of morpholine rings is 1. The average molecular weight is 318 g/mol. The molecule has 1 aliphatic rings. The van der Waals surface area contributed by atoms with Crippen LogP contribution in [0.15, 0.2) is 30.3 Å². The lowest BCUT2D eigenvalue weighted by molar-refractivity contribution is -0.180. The average Bonchev–Trinajstić information content (AvgIpc) is 2.58. The normalized spacial score (nSPS) is 24.0. The van der Waals surface area contributed by atoms with Crippen LogP contribution < -0.4 is 5.32 Å². The van der Waals surface area contributed by atoms with Gasteiger partial charge in [-0.15, -0.1) is 0 Å². The Morgan fingerprint density at radius 2 is 2.13 bits per heavy atom. The molecule has 1 aliphatic heterocycles. The summed E-state index contributed by atoms with van der Waals surface area (Å²) in [5.74, 6) is -1.21. The molecule has 0 unspecified atom stereocenters. The van der Waals surface area contributed by atoms with E-state index in [0.29, 0.717) is 13.0 Å². The number of unbranched alkanes of at least 4 members (excludes halogenated alkanes) is 1. The maximum Gasteiger partial charge on any atom is 0.341 e. The van der Waals surface area contributed by atoms with Crippen LogP contribution in [0.25, 0.3) is 0 Å². The number of rotatable bonds is 6. The van der Waals surface area contributed by atoms with Crippen LogP contribution in [0.3, 0.4) is 0 Å². The van der Waals surface area contributed by atoms with E-state index in [0.717, 1.165) is 18.4 Å². The second-order valence-electron chi connectivity index (χ2n) is 5.72. The Labute approximate surface area is 135 Å². The molecule has 1 aromatic carbocycles. The van der Waals surface area contributed by atoms with Crippen molar-refractivity contribution in [2.75, 3.05) is 13.2 Å². The van der Waals surface area contributed by atoms with Crippen molar-refractivity contribution in [1.29, 1.82) is 0 Å². The van der Waals surface area contributed by atoms with E-state index in [4.69, 9.17) is 4.74 Å². The van der Waals surface area contributed by atoms with Crippen molar-refractivity contribution >= 4 is 18.3 Å². The van der Waals surface area contributed by atoms with E-state index < -0.39 is 23.5 Å². The van der Waals surface area contributed by atoms with Crippen LogP contribution >= 0.6 is 0 Å². The van der Waals surface area contributed by atoms with Crippen molar-refractivity contribution in [3.8, 4) is 0 Å². The molecule has 2 amide bonds. The van der Waals surface area contributed by atoms with E-state index in [1.807, 2.05) is 37.3 Å². The highest BCUT2D eigenvalue weighted by atomic mass is 16.5. The Morgan fingerprint density at radius 3 is 2.74 bits per heavy atom. The standard InChI is InChI=1S/C17H22N2O4/c1-3-4-10-18-15(21)17(2)16(22)23-11-14(19(17)12-20)13-8-6-5-7-9-13/h5-9,12,14H,3-4,10-11H2,1-2H3,(H,18,21)/t14-,17-/m1/s1. The molecule has 23 heavy (non-hydrogen) atoms. The van der Waals surface area contributed by atoms with Gasteiger partial charge in [0.2, 0.25) is 11.9 Å². The molecule has 0 saturated carbocycles. The van der Waals surface area contributed by atoms with Gasteiger partial charge in [-0.25, -0.2) is 4.79 Å². The zero-order valence-corrected chi connectivity index (χ0v) is 13.5. The Bertz CT molecular complexity index is 575. The smallest absolute Gasteiger partial charge is 0.341 e. The Hall–Kier alpha value is -2.37. The van der Waals surface area contributed by atoms with E-state index in [1.54, 1.807) is 0 Å². The van der Waals surface area contributed by atoms with E-state index in [2.05, 4.69) is 5.32 Å². The quantitative estimate of drug-likeness (QED) is 0.372. The van der Waals surface area contributed by atoms with Gasteiger partial charge in [0.05, 0.1) is 6.04 Å². The van der Waals surface area contributed by atoms with E-state index >= 15 is 0 Å². The van der Waals surface area contributed by atoms with Gasteiger partial charge in [-0.2, -0.15) is 0 Å². The number of carbonyl (C=O) groups excluding carboxylic acids is 3. The molecule has 2 atom stereocenters. The molecule has 0 radical (unpaired) electrons. The minimum atomic E-state index is -1.66. The third-order valence-electron chi connectivity index (χ3n) is 4.18. The first-order valence-electron chi connectivity index (χ1n) is 7.80. The molecule has 1 heterocycles. The molecule has 2 rings (SSSR count). The van der Waals surface area contributed by atoms with Crippen molar-refractivity contribution in [3.63, 3.8) is 0 Å². The third kappa shape index (κ3) is 3.21. The van der Waals surface area contributed by atoms with Gasteiger partial charge in [-0.3, -0.25) is 9.59 Å². The predicted octanol–water partition coefficient (Wildman–Crippen LogP) is 1.42. The zero-order valence-electron chi connectivity index (χ0n) is 13.5. The van der Waals surface area contributed by atoms with Crippen molar-refractivity contribution in [2.24, 2.45) is 0 Å². The zero-order chi connectivity index (χ0) is 16.9. The summed E-state index contributed by atoms with van der Waals surface area (Å²) >= 11 is 0. The Balaban J connectivity index is 2.29. The van der Waals surface area contributed by atoms with Crippen molar-refractivity contribution in [3.05, 3.63) is 35.9 Å². The molecule has 6 heteroatoms. The SMILES string of the molecule is CCCCNC(=O)[C@]1(C)C(=O)OC[C@H](c2ccccc2)N1C=O. The van der Waals surface area contributed by atoms with Crippen LogP contribution in [0.5, 0.6) is 0 Å². The molecule has 1 aromatic rings. The summed E-state index contributed by atoms with van der Waals surface area (Å²) in [5, 5.41) is 2.72. The van der Waals surface area contributed by atoms with Crippen molar-refractivity contribution in [2.45, 2.75) is 38.3 Å². The fraction of sp³-hybridized carbons (Fsp3) is 0.471. The van der Waals surface area contributed by atoms with E-state index in [1.165, 1.54) is 11.8 Å². The predicted molar refractivity (Wildman–Crippen MR) is 84.4 cm³/mol. The number of ether oxygens (including phenoxy) is 1. The molecule has 1 N–H and O–H groups in total. The summed E-state index contributed by atoms with van der Waals surface area (Å²) in [6, 6.07) is 8.75. The molecule has 1 fully saturated rings. The first-order valence-corrected chi connectivity index (χ1v) is 7.80. The first-order chi connectivity index (χ1) is 11.1. The highest BCUT2D eigenvalue weighted by Gasteiger charge is 2.53. The number of nitrogens with zero attached hydrogens (tertiary/aromatic N) is 1. The summed E-state index contributed by atoms with van der Waals surface area (Å²) in [6.45, 7) is 3.94. The van der Waals surface area contributed by atoms with Crippen LogP contribution in [0.2, 0.25) is 0 Å². The van der Waals surface area contributed by atoms with Crippen molar-refractivity contribution < 1.29 is 19.1 Å². The molecule has 0 aliphatic carbocycles. The number of amides is 2. The number of carbonyl (C=O) groups is 3. The minimum Gasteiger partial charge on any atom is -0.461 e. The lowest BCUT2D eigenvalue weighted by Gasteiger charge is -2.44. The van der Waals surface area contributed by atoms with E-state index in [-0.39, 0.29) is 6.61 Å². The molecular formula is C17H22N2O4. The largest absolute Gasteiger partial charge is 0.461 e.